The molecule has 0 radical (unpaired) electrons. The minimum Gasteiger partial charge on any atom is -0.468 e. The molecule has 0 atom stereocenters. The Bertz CT molecular complexity index is 472. The van der Waals surface area contributed by atoms with E-state index in [4.69, 9.17) is 0 Å². The van der Waals surface area contributed by atoms with E-state index in [-0.39, 0.29) is 12.1 Å². The Kier molecular flexibility index (Phi) is 4.18. The van der Waals surface area contributed by atoms with E-state index >= 15 is 0 Å². The first-order valence-corrected chi connectivity index (χ1v) is 6.48. The normalized spacial score (nSPS) is 16.5. The maximum atomic E-state index is 11.9. The van der Waals surface area contributed by atoms with Crippen molar-refractivity contribution in [2.75, 3.05) is 7.11 Å². The van der Waals surface area contributed by atoms with E-state index in [1.54, 1.807) is 12.3 Å². The highest BCUT2D eigenvalue weighted by Gasteiger charge is 2.16. The summed E-state index contributed by atoms with van der Waals surface area (Å²) in [5.74, 6) is 0.113. The number of nitrogens with zero attached hydrogens (tertiary/aromatic N) is 1. The first kappa shape index (κ1) is 12.9. The van der Waals surface area contributed by atoms with E-state index in [0.29, 0.717) is 5.92 Å². The number of ether oxygens (including phenoxy) is 1. The molecule has 0 bridgehead atoms. The van der Waals surface area contributed by atoms with Crippen LogP contribution in [0.4, 0.5) is 0 Å². The third-order valence-corrected chi connectivity index (χ3v) is 3.62. The largest absolute Gasteiger partial charge is 0.468 e. The van der Waals surface area contributed by atoms with Gasteiger partial charge < -0.3 is 9.30 Å². The third-order valence-electron chi connectivity index (χ3n) is 3.62. The second kappa shape index (κ2) is 5.85. The number of pyridine rings is 1. The molecule has 0 aliphatic heterocycles. The lowest BCUT2D eigenvalue weighted by Crippen LogP contribution is -2.24. The van der Waals surface area contributed by atoms with Crippen LogP contribution in [0.3, 0.4) is 0 Å². The van der Waals surface area contributed by atoms with Gasteiger partial charge in [-0.1, -0.05) is 19.3 Å². The molecule has 1 aromatic heterocycles. The van der Waals surface area contributed by atoms with Gasteiger partial charge in [0.1, 0.15) is 6.54 Å². The lowest BCUT2D eigenvalue weighted by atomic mass is 9.84. The molecule has 0 unspecified atom stereocenters. The van der Waals surface area contributed by atoms with Crippen molar-refractivity contribution in [2.24, 2.45) is 0 Å². The molecule has 4 nitrogen and oxygen atoms in total. The summed E-state index contributed by atoms with van der Waals surface area (Å²) in [4.78, 5) is 23.0. The Hall–Kier alpha value is -1.58. The molecule has 0 aromatic carbocycles. The van der Waals surface area contributed by atoms with Crippen LogP contribution in [-0.2, 0) is 16.1 Å². The van der Waals surface area contributed by atoms with Gasteiger partial charge in [-0.25, -0.2) is 0 Å². The molecule has 1 aliphatic rings. The SMILES string of the molecule is COC(=O)Cn1ccc(C2CCCCC2)cc1=O. The van der Waals surface area contributed by atoms with E-state index in [1.165, 1.54) is 43.8 Å². The molecule has 4 heteroatoms. The predicted octanol–water partition coefficient (Wildman–Crippen LogP) is 2.07. The molecular weight excluding hydrogens is 230 g/mol. The summed E-state index contributed by atoms with van der Waals surface area (Å²) in [5.41, 5.74) is 0.990. The molecule has 1 aromatic rings. The molecule has 1 fully saturated rings. The maximum Gasteiger partial charge on any atom is 0.325 e. The van der Waals surface area contributed by atoms with Crippen molar-refractivity contribution in [1.29, 1.82) is 0 Å². The van der Waals surface area contributed by atoms with Crippen LogP contribution >= 0.6 is 0 Å². The number of aromatic nitrogens is 1. The molecule has 0 saturated heterocycles. The van der Waals surface area contributed by atoms with Crippen molar-refractivity contribution in [3.05, 3.63) is 34.2 Å². The van der Waals surface area contributed by atoms with Gasteiger partial charge in [0, 0.05) is 12.3 Å². The molecule has 1 aliphatic carbocycles. The molecule has 0 N–H and O–H groups in total. The van der Waals surface area contributed by atoms with Crippen molar-refractivity contribution in [3.8, 4) is 0 Å². The number of rotatable bonds is 3. The minimum atomic E-state index is -0.400. The van der Waals surface area contributed by atoms with Crippen LogP contribution in [0.15, 0.2) is 23.1 Å². The topological polar surface area (TPSA) is 48.3 Å². The summed E-state index contributed by atoms with van der Waals surface area (Å²) in [6, 6.07) is 3.62. The summed E-state index contributed by atoms with van der Waals surface area (Å²) in [5, 5.41) is 0. The van der Waals surface area contributed by atoms with Gasteiger partial charge in [0.25, 0.3) is 5.56 Å². The summed E-state index contributed by atoms with van der Waals surface area (Å²) in [6.07, 6.45) is 7.83. The first-order chi connectivity index (χ1) is 8.70. The quantitative estimate of drug-likeness (QED) is 0.770. The van der Waals surface area contributed by atoms with Gasteiger partial charge >= 0.3 is 5.97 Å². The van der Waals surface area contributed by atoms with Gasteiger partial charge in [0.15, 0.2) is 0 Å². The monoisotopic (exact) mass is 249 g/mol. The standard InChI is InChI=1S/C14H19NO3/c1-18-14(17)10-15-8-7-12(9-13(15)16)11-5-3-2-4-6-11/h7-9,11H,2-6,10H2,1H3. The highest BCUT2D eigenvalue weighted by molar-refractivity contribution is 5.68. The van der Waals surface area contributed by atoms with Gasteiger partial charge in [-0.2, -0.15) is 0 Å². The van der Waals surface area contributed by atoms with Crippen LogP contribution < -0.4 is 5.56 Å². The maximum absolute atomic E-state index is 11.9. The number of carbonyl (C=O) groups is 1. The average molecular weight is 249 g/mol. The minimum absolute atomic E-state index is 0.0136. The Balaban J connectivity index is 2.13. The lowest BCUT2D eigenvalue weighted by Gasteiger charge is -2.21. The van der Waals surface area contributed by atoms with E-state index in [9.17, 15) is 9.59 Å². The molecule has 0 amide bonds. The Morgan fingerprint density at radius 1 is 1.39 bits per heavy atom. The second-order valence-electron chi connectivity index (χ2n) is 4.84. The highest BCUT2D eigenvalue weighted by Crippen LogP contribution is 2.31. The molecule has 0 spiro atoms. The molecule has 98 valence electrons. The van der Waals surface area contributed by atoms with Crippen LogP contribution in [0.1, 0.15) is 43.6 Å². The number of methoxy groups -OCH3 is 1. The smallest absolute Gasteiger partial charge is 0.325 e. The Morgan fingerprint density at radius 2 is 2.11 bits per heavy atom. The van der Waals surface area contributed by atoms with Crippen molar-refractivity contribution in [1.82, 2.24) is 4.57 Å². The van der Waals surface area contributed by atoms with Crippen LogP contribution in [0.25, 0.3) is 0 Å². The van der Waals surface area contributed by atoms with Crippen LogP contribution in [0, 0.1) is 0 Å². The zero-order valence-corrected chi connectivity index (χ0v) is 10.7. The summed E-state index contributed by atoms with van der Waals surface area (Å²) >= 11 is 0. The first-order valence-electron chi connectivity index (χ1n) is 6.48. The molecular formula is C14H19NO3. The van der Waals surface area contributed by atoms with E-state index < -0.39 is 5.97 Å². The van der Waals surface area contributed by atoms with Gasteiger partial charge in [-0.15, -0.1) is 0 Å². The molecule has 1 heterocycles. The van der Waals surface area contributed by atoms with Crippen molar-refractivity contribution in [3.63, 3.8) is 0 Å². The van der Waals surface area contributed by atoms with Gasteiger partial charge in [0.2, 0.25) is 0 Å². The lowest BCUT2D eigenvalue weighted by molar-refractivity contribution is -0.141. The molecule has 18 heavy (non-hydrogen) atoms. The van der Waals surface area contributed by atoms with Gasteiger partial charge in [-0.05, 0) is 30.4 Å². The van der Waals surface area contributed by atoms with Crippen molar-refractivity contribution >= 4 is 5.97 Å². The summed E-state index contributed by atoms with van der Waals surface area (Å²) in [6.45, 7) is -0.0136. The van der Waals surface area contributed by atoms with E-state index in [0.717, 1.165) is 5.56 Å². The molecule has 1 saturated carbocycles. The van der Waals surface area contributed by atoms with Gasteiger partial charge in [-0.3, -0.25) is 9.59 Å². The fourth-order valence-corrected chi connectivity index (χ4v) is 2.55. The fourth-order valence-electron chi connectivity index (χ4n) is 2.55. The second-order valence-corrected chi connectivity index (χ2v) is 4.84. The van der Waals surface area contributed by atoms with E-state index in [1.807, 2.05) is 6.07 Å². The van der Waals surface area contributed by atoms with Crippen molar-refractivity contribution < 1.29 is 9.53 Å². The third kappa shape index (κ3) is 3.00. The fraction of sp³-hybridized carbons (Fsp3) is 0.571. The Labute approximate surface area is 107 Å². The summed E-state index contributed by atoms with van der Waals surface area (Å²) < 4.78 is 5.94. The van der Waals surface area contributed by atoms with Crippen LogP contribution in [-0.4, -0.2) is 17.6 Å². The number of hydrogen-bond acceptors (Lipinski definition) is 3. The van der Waals surface area contributed by atoms with Crippen LogP contribution in [0.5, 0.6) is 0 Å². The zero-order chi connectivity index (χ0) is 13.0. The van der Waals surface area contributed by atoms with E-state index in [2.05, 4.69) is 4.74 Å². The number of carbonyl (C=O) groups excluding carboxylic acids is 1. The zero-order valence-electron chi connectivity index (χ0n) is 10.7. The molecule has 2 rings (SSSR count). The van der Waals surface area contributed by atoms with Gasteiger partial charge in [0.05, 0.1) is 7.11 Å². The number of esters is 1. The highest BCUT2D eigenvalue weighted by atomic mass is 16.5. The van der Waals surface area contributed by atoms with Crippen LogP contribution in [0.2, 0.25) is 0 Å². The van der Waals surface area contributed by atoms with Crippen molar-refractivity contribution in [2.45, 2.75) is 44.6 Å². The average Bonchev–Trinajstić information content (AvgIpc) is 2.42. The predicted molar refractivity (Wildman–Crippen MR) is 68.5 cm³/mol. The Morgan fingerprint density at radius 3 is 2.72 bits per heavy atom. The number of hydrogen-bond donors (Lipinski definition) is 0. The summed E-state index contributed by atoms with van der Waals surface area (Å²) in [7, 11) is 1.32.